The number of rotatable bonds is 3. The molecule has 1 aromatic carbocycles. The molecule has 1 aliphatic rings. The number of carbonyl (C=O) groups excluding carboxylic acids is 1. The third-order valence-corrected chi connectivity index (χ3v) is 4.69. The van der Waals surface area contributed by atoms with Gasteiger partial charge in [0.25, 0.3) is 0 Å². The van der Waals surface area contributed by atoms with Crippen molar-refractivity contribution in [3.05, 3.63) is 47.2 Å². The number of aromatic nitrogens is 2. The van der Waals surface area contributed by atoms with Crippen molar-refractivity contribution in [2.75, 3.05) is 31.1 Å². The molecule has 2 heterocycles. The number of hydrogen-bond acceptors (Lipinski definition) is 3. The van der Waals surface area contributed by atoms with Crippen LogP contribution in [-0.2, 0) is 11.0 Å². The summed E-state index contributed by atoms with van der Waals surface area (Å²) < 4.78 is 39.1. The zero-order chi connectivity index (χ0) is 18.9. The standard InChI is InChI=1S/C17H18ClF3N4O/c1-12(25-7-6-15(22-25)17(19,20)21)16(26)24-10-8-23(9-11-24)14-4-2-13(18)3-5-14/h2-7,12H,8-11H2,1H3. The van der Waals surface area contributed by atoms with Gasteiger partial charge in [0.15, 0.2) is 5.69 Å². The van der Waals surface area contributed by atoms with Crippen LogP contribution in [0.4, 0.5) is 18.9 Å². The predicted octanol–water partition coefficient (Wildman–Crippen LogP) is 3.47. The minimum atomic E-state index is -4.52. The topological polar surface area (TPSA) is 41.4 Å². The van der Waals surface area contributed by atoms with Gasteiger partial charge in [-0.2, -0.15) is 18.3 Å². The van der Waals surface area contributed by atoms with Crippen LogP contribution in [0.15, 0.2) is 36.5 Å². The largest absolute Gasteiger partial charge is 0.435 e. The maximum absolute atomic E-state index is 12.7. The average Bonchev–Trinajstić information content (AvgIpc) is 3.12. The van der Waals surface area contributed by atoms with Gasteiger partial charge in [-0.05, 0) is 37.3 Å². The first-order chi connectivity index (χ1) is 12.3. The number of benzene rings is 1. The van der Waals surface area contributed by atoms with Crippen LogP contribution in [0.5, 0.6) is 0 Å². The van der Waals surface area contributed by atoms with E-state index in [0.29, 0.717) is 31.2 Å². The molecule has 1 amide bonds. The number of nitrogens with zero attached hydrogens (tertiary/aromatic N) is 4. The van der Waals surface area contributed by atoms with Crippen molar-refractivity contribution in [3.63, 3.8) is 0 Å². The summed E-state index contributed by atoms with van der Waals surface area (Å²) in [7, 11) is 0. The first-order valence-corrected chi connectivity index (χ1v) is 8.55. The molecule has 0 aliphatic carbocycles. The Morgan fingerprint density at radius 2 is 1.73 bits per heavy atom. The van der Waals surface area contributed by atoms with Crippen LogP contribution < -0.4 is 4.90 Å². The first-order valence-electron chi connectivity index (χ1n) is 8.17. The summed E-state index contributed by atoms with van der Waals surface area (Å²) >= 11 is 5.89. The van der Waals surface area contributed by atoms with E-state index in [2.05, 4.69) is 10.00 Å². The van der Waals surface area contributed by atoms with E-state index in [4.69, 9.17) is 11.6 Å². The van der Waals surface area contributed by atoms with Gasteiger partial charge in [0.05, 0.1) is 0 Å². The van der Waals surface area contributed by atoms with Gasteiger partial charge < -0.3 is 9.80 Å². The lowest BCUT2D eigenvalue weighted by atomic mass is 10.2. The molecule has 0 N–H and O–H groups in total. The van der Waals surface area contributed by atoms with E-state index < -0.39 is 17.9 Å². The molecule has 0 spiro atoms. The third-order valence-electron chi connectivity index (χ3n) is 4.44. The lowest BCUT2D eigenvalue weighted by Gasteiger charge is -2.37. The van der Waals surface area contributed by atoms with Gasteiger partial charge in [0.2, 0.25) is 5.91 Å². The molecule has 1 unspecified atom stereocenters. The highest BCUT2D eigenvalue weighted by molar-refractivity contribution is 6.30. The monoisotopic (exact) mass is 386 g/mol. The Hall–Kier alpha value is -2.22. The van der Waals surface area contributed by atoms with Gasteiger partial charge in [-0.3, -0.25) is 9.48 Å². The lowest BCUT2D eigenvalue weighted by molar-refractivity contribution is -0.142. The molecule has 0 radical (unpaired) electrons. The minimum absolute atomic E-state index is 0.238. The van der Waals surface area contributed by atoms with Gasteiger partial charge in [0.1, 0.15) is 6.04 Å². The highest BCUT2D eigenvalue weighted by Crippen LogP contribution is 2.28. The van der Waals surface area contributed by atoms with Gasteiger partial charge in [-0.1, -0.05) is 11.6 Å². The number of carbonyl (C=O) groups is 1. The first kappa shape index (κ1) is 18.6. The van der Waals surface area contributed by atoms with Crippen molar-refractivity contribution in [3.8, 4) is 0 Å². The normalized spacial score (nSPS) is 16.7. The van der Waals surface area contributed by atoms with Crippen molar-refractivity contribution in [2.45, 2.75) is 19.1 Å². The second-order valence-corrected chi connectivity index (χ2v) is 6.58. The second kappa shape index (κ2) is 7.19. The molecule has 0 bridgehead atoms. The third kappa shape index (κ3) is 3.95. The summed E-state index contributed by atoms with van der Waals surface area (Å²) in [6.45, 7) is 3.85. The van der Waals surface area contributed by atoms with Crippen molar-refractivity contribution in [2.24, 2.45) is 0 Å². The second-order valence-electron chi connectivity index (χ2n) is 6.14. The number of amides is 1. The maximum Gasteiger partial charge on any atom is 0.435 e. The summed E-state index contributed by atoms with van der Waals surface area (Å²) in [5.41, 5.74) is 0.0288. The van der Waals surface area contributed by atoms with E-state index in [9.17, 15) is 18.0 Å². The fourth-order valence-electron chi connectivity index (χ4n) is 2.92. The Labute approximate surface area is 153 Å². The fourth-order valence-corrected chi connectivity index (χ4v) is 3.05. The number of piperazine rings is 1. The summed E-state index contributed by atoms with van der Waals surface area (Å²) in [4.78, 5) is 16.4. The van der Waals surface area contributed by atoms with Crippen LogP contribution in [0.1, 0.15) is 18.7 Å². The quantitative estimate of drug-likeness (QED) is 0.811. The average molecular weight is 387 g/mol. The van der Waals surface area contributed by atoms with E-state index in [1.54, 1.807) is 11.8 Å². The number of hydrogen-bond donors (Lipinski definition) is 0. The van der Waals surface area contributed by atoms with Crippen molar-refractivity contribution >= 4 is 23.2 Å². The van der Waals surface area contributed by atoms with E-state index >= 15 is 0 Å². The Morgan fingerprint density at radius 1 is 1.12 bits per heavy atom. The van der Waals surface area contributed by atoms with Crippen LogP contribution in [-0.4, -0.2) is 46.8 Å². The highest BCUT2D eigenvalue weighted by atomic mass is 35.5. The zero-order valence-corrected chi connectivity index (χ0v) is 14.8. The molecule has 0 saturated carbocycles. The van der Waals surface area contributed by atoms with Crippen molar-refractivity contribution < 1.29 is 18.0 Å². The van der Waals surface area contributed by atoms with E-state index in [0.717, 1.165) is 16.4 Å². The number of halogens is 4. The Morgan fingerprint density at radius 3 is 2.27 bits per heavy atom. The Bertz CT molecular complexity index is 767. The summed E-state index contributed by atoms with van der Waals surface area (Å²) in [5, 5.41) is 4.15. The molecular formula is C17H18ClF3N4O. The van der Waals surface area contributed by atoms with Crippen molar-refractivity contribution in [1.82, 2.24) is 14.7 Å². The van der Waals surface area contributed by atoms with Crippen LogP contribution in [0.2, 0.25) is 5.02 Å². The summed E-state index contributed by atoms with van der Waals surface area (Å²) in [6, 6.07) is 7.56. The molecule has 1 aromatic heterocycles. The highest BCUT2D eigenvalue weighted by Gasteiger charge is 2.35. The van der Waals surface area contributed by atoms with Crippen LogP contribution >= 0.6 is 11.6 Å². The molecule has 5 nitrogen and oxygen atoms in total. The Balaban J connectivity index is 1.61. The summed E-state index contributed by atoms with van der Waals surface area (Å²) in [5.74, 6) is -0.238. The van der Waals surface area contributed by atoms with Crippen molar-refractivity contribution in [1.29, 1.82) is 0 Å². The smallest absolute Gasteiger partial charge is 0.368 e. The minimum Gasteiger partial charge on any atom is -0.368 e. The molecule has 1 saturated heterocycles. The number of anilines is 1. The maximum atomic E-state index is 12.7. The molecule has 3 rings (SSSR count). The summed E-state index contributed by atoms with van der Waals surface area (Å²) in [6.07, 6.45) is -3.33. The molecular weight excluding hydrogens is 369 g/mol. The lowest BCUT2D eigenvalue weighted by Crippen LogP contribution is -2.50. The zero-order valence-electron chi connectivity index (χ0n) is 14.1. The van der Waals surface area contributed by atoms with Crippen LogP contribution in [0.25, 0.3) is 0 Å². The van der Waals surface area contributed by atoms with Gasteiger partial charge in [-0.15, -0.1) is 0 Å². The van der Waals surface area contributed by atoms with Crippen LogP contribution in [0.3, 0.4) is 0 Å². The van der Waals surface area contributed by atoms with Gasteiger partial charge in [-0.25, -0.2) is 0 Å². The van der Waals surface area contributed by atoms with Gasteiger partial charge >= 0.3 is 6.18 Å². The van der Waals surface area contributed by atoms with Gasteiger partial charge in [0, 0.05) is 43.1 Å². The Kier molecular flexibility index (Phi) is 5.13. The fraction of sp³-hybridized carbons (Fsp3) is 0.412. The molecule has 2 aromatic rings. The molecule has 140 valence electrons. The SMILES string of the molecule is CC(C(=O)N1CCN(c2ccc(Cl)cc2)CC1)n1ccc(C(F)(F)F)n1. The van der Waals surface area contributed by atoms with E-state index in [1.807, 2.05) is 24.3 Å². The van der Waals surface area contributed by atoms with Crippen LogP contribution in [0, 0.1) is 0 Å². The molecule has 1 atom stereocenters. The van der Waals surface area contributed by atoms with E-state index in [1.165, 1.54) is 6.20 Å². The molecule has 1 fully saturated rings. The molecule has 9 heteroatoms. The molecule has 1 aliphatic heterocycles. The number of alkyl halides is 3. The predicted molar refractivity (Wildman–Crippen MR) is 92.2 cm³/mol. The molecule has 26 heavy (non-hydrogen) atoms. The van der Waals surface area contributed by atoms with E-state index in [-0.39, 0.29) is 5.91 Å².